The number of rotatable bonds is 7. The van der Waals surface area contributed by atoms with Gasteiger partial charge < -0.3 is 10.3 Å². The lowest BCUT2D eigenvalue weighted by atomic mass is 10.0. The van der Waals surface area contributed by atoms with Crippen LogP contribution in [0, 0.1) is 5.82 Å². The predicted octanol–water partition coefficient (Wildman–Crippen LogP) is 8.31. The van der Waals surface area contributed by atoms with Crippen LogP contribution in [0.2, 0.25) is 0 Å². The van der Waals surface area contributed by atoms with E-state index >= 15 is 0 Å². The number of pyridine rings is 1. The quantitative estimate of drug-likeness (QED) is 0.212. The molecule has 6 rings (SSSR count). The van der Waals surface area contributed by atoms with Crippen LogP contribution in [0.5, 0.6) is 0 Å². The average molecular weight is 488 g/mol. The summed E-state index contributed by atoms with van der Waals surface area (Å²) >= 11 is 0. The maximum atomic E-state index is 13.9. The fourth-order valence-corrected chi connectivity index (χ4v) is 4.82. The number of hydrogen-bond donors (Lipinski definition) is 3. The fourth-order valence-electron chi connectivity index (χ4n) is 4.82. The number of H-pyrrole nitrogens is 2. The van der Waals surface area contributed by atoms with E-state index in [1.807, 2.05) is 42.7 Å². The van der Waals surface area contributed by atoms with Crippen LogP contribution in [0.1, 0.15) is 19.8 Å². The highest BCUT2D eigenvalue weighted by molar-refractivity contribution is 6.01. The third kappa shape index (κ3) is 4.38. The third-order valence-electron chi connectivity index (χ3n) is 6.56. The predicted molar refractivity (Wildman–Crippen MR) is 150 cm³/mol. The number of benzene rings is 3. The molecule has 0 saturated carbocycles. The average Bonchev–Trinajstić information content (AvgIpc) is 3.52. The van der Waals surface area contributed by atoms with Crippen LogP contribution in [-0.4, -0.2) is 20.2 Å². The van der Waals surface area contributed by atoms with Crippen molar-refractivity contribution in [3.63, 3.8) is 0 Å². The molecule has 0 aliphatic carbocycles. The largest absolute Gasteiger partial charge is 0.358 e. The van der Waals surface area contributed by atoms with Crippen LogP contribution in [0.4, 0.5) is 10.1 Å². The molecule has 0 bridgehead atoms. The van der Waals surface area contributed by atoms with Gasteiger partial charge in [-0.3, -0.25) is 10.1 Å². The van der Waals surface area contributed by atoms with E-state index in [0.717, 1.165) is 79.7 Å². The minimum atomic E-state index is -0.250. The minimum Gasteiger partial charge on any atom is -0.358 e. The van der Waals surface area contributed by atoms with Gasteiger partial charge in [0.1, 0.15) is 11.5 Å². The van der Waals surface area contributed by atoms with Crippen LogP contribution < -0.4 is 5.32 Å². The summed E-state index contributed by atoms with van der Waals surface area (Å²) in [5, 5.41) is 13.2. The number of nitrogens with zero attached hydrogens (tertiary/aromatic N) is 2. The molecule has 0 saturated heterocycles. The monoisotopic (exact) mass is 487 g/mol. The molecule has 0 radical (unpaired) electrons. The highest BCUT2D eigenvalue weighted by Crippen LogP contribution is 2.35. The first-order valence-corrected chi connectivity index (χ1v) is 12.4. The van der Waals surface area contributed by atoms with E-state index in [4.69, 9.17) is 0 Å². The summed E-state index contributed by atoms with van der Waals surface area (Å²) < 4.78 is 13.9. The van der Waals surface area contributed by atoms with Crippen LogP contribution in [-0.2, 0) is 0 Å². The zero-order valence-corrected chi connectivity index (χ0v) is 20.5. The molecule has 3 aromatic carbocycles. The Morgan fingerprint density at radius 2 is 1.78 bits per heavy atom. The lowest BCUT2D eigenvalue weighted by Crippen LogP contribution is -1.98. The van der Waals surface area contributed by atoms with Crippen molar-refractivity contribution in [2.45, 2.75) is 19.8 Å². The molecule has 3 N–H and O–H groups in total. The molecule has 5 nitrogen and oxygen atoms in total. The van der Waals surface area contributed by atoms with E-state index in [1.54, 1.807) is 12.1 Å². The molecule has 37 heavy (non-hydrogen) atoms. The van der Waals surface area contributed by atoms with E-state index in [2.05, 4.69) is 63.3 Å². The first-order chi connectivity index (χ1) is 18.1. The van der Waals surface area contributed by atoms with Gasteiger partial charge in [-0.2, -0.15) is 5.10 Å². The highest BCUT2D eigenvalue weighted by atomic mass is 19.1. The Balaban J connectivity index is 1.40. The van der Waals surface area contributed by atoms with E-state index in [9.17, 15) is 4.39 Å². The summed E-state index contributed by atoms with van der Waals surface area (Å²) in [4.78, 5) is 7.94. The summed E-state index contributed by atoms with van der Waals surface area (Å²) in [6, 6.07) is 23.1. The van der Waals surface area contributed by atoms with Gasteiger partial charge in [-0.1, -0.05) is 50.3 Å². The van der Waals surface area contributed by atoms with Gasteiger partial charge in [-0.05, 0) is 65.6 Å². The maximum absolute atomic E-state index is 13.9. The van der Waals surface area contributed by atoms with Gasteiger partial charge in [0.25, 0.3) is 0 Å². The van der Waals surface area contributed by atoms with Crippen molar-refractivity contribution >= 4 is 27.5 Å². The first kappa shape index (κ1) is 22.7. The van der Waals surface area contributed by atoms with Crippen molar-refractivity contribution in [3.8, 4) is 33.6 Å². The van der Waals surface area contributed by atoms with Gasteiger partial charge >= 0.3 is 0 Å². The van der Waals surface area contributed by atoms with E-state index < -0.39 is 0 Å². The molecule has 0 fully saturated rings. The zero-order chi connectivity index (χ0) is 25.4. The third-order valence-corrected chi connectivity index (χ3v) is 6.56. The summed E-state index contributed by atoms with van der Waals surface area (Å²) in [7, 11) is 0. The summed E-state index contributed by atoms with van der Waals surface area (Å²) in [5.41, 5.74) is 9.41. The maximum Gasteiger partial charge on any atom is 0.123 e. The van der Waals surface area contributed by atoms with Gasteiger partial charge in [0, 0.05) is 33.7 Å². The van der Waals surface area contributed by atoms with Gasteiger partial charge in [-0.25, -0.2) is 4.39 Å². The number of allylic oxidation sites excluding steroid dienone is 1. The molecule has 6 heteroatoms. The first-order valence-electron chi connectivity index (χ1n) is 12.4. The van der Waals surface area contributed by atoms with Crippen molar-refractivity contribution < 1.29 is 4.39 Å². The molecule has 0 spiro atoms. The Morgan fingerprint density at radius 3 is 2.65 bits per heavy atom. The number of anilines is 1. The molecule has 182 valence electrons. The Labute approximate surface area is 214 Å². The second kappa shape index (κ2) is 9.39. The second-order valence-corrected chi connectivity index (χ2v) is 9.23. The molecule has 3 heterocycles. The lowest BCUT2D eigenvalue weighted by molar-refractivity contribution is 0.628. The number of nitrogens with one attached hydrogen (secondary N) is 3. The summed E-state index contributed by atoms with van der Waals surface area (Å²) in [6.45, 7) is 6.23. The van der Waals surface area contributed by atoms with Crippen LogP contribution in [0.15, 0.2) is 97.5 Å². The Bertz CT molecular complexity index is 1760. The lowest BCUT2D eigenvalue weighted by Gasteiger charge is -2.10. The molecule has 3 aromatic heterocycles. The van der Waals surface area contributed by atoms with E-state index in [1.165, 1.54) is 6.07 Å². The molecule has 0 amide bonds. The van der Waals surface area contributed by atoms with E-state index in [0.29, 0.717) is 0 Å². The number of halogens is 1. The molecular weight excluding hydrogens is 461 g/mol. The van der Waals surface area contributed by atoms with Gasteiger partial charge in [0.2, 0.25) is 0 Å². The number of hydrogen-bond acceptors (Lipinski definition) is 3. The second-order valence-electron chi connectivity index (χ2n) is 9.23. The smallest absolute Gasteiger partial charge is 0.123 e. The number of aromatic nitrogens is 4. The normalized spacial score (nSPS) is 11.3. The topological polar surface area (TPSA) is 69.4 Å². The van der Waals surface area contributed by atoms with E-state index in [-0.39, 0.29) is 5.82 Å². The van der Waals surface area contributed by atoms with Gasteiger partial charge in [-0.15, -0.1) is 0 Å². The fraction of sp³-hybridized carbons (Fsp3) is 0.0968. The van der Waals surface area contributed by atoms with Crippen LogP contribution in [0.25, 0.3) is 55.4 Å². The zero-order valence-electron chi connectivity index (χ0n) is 20.5. The molecular formula is C31H26FN5. The Hall–Kier alpha value is -4.71. The molecule has 0 aliphatic rings. The van der Waals surface area contributed by atoms with Crippen molar-refractivity contribution in [2.75, 3.05) is 5.32 Å². The molecule has 0 aliphatic heterocycles. The molecule has 0 atom stereocenters. The molecule has 6 aromatic rings. The van der Waals surface area contributed by atoms with Crippen molar-refractivity contribution in [3.05, 3.63) is 103 Å². The Morgan fingerprint density at radius 1 is 0.892 bits per heavy atom. The van der Waals surface area contributed by atoms with Crippen LogP contribution >= 0.6 is 0 Å². The van der Waals surface area contributed by atoms with Crippen molar-refractivity contribution in [1.82, 2.24) is 20.2 Å². The minimum absolute atomic E-state index is 0.250. The molecule has 0 unspecified atom stereocenters. The van der Waals surface area contributed by atoms with Crippen molar-refractivity contribution in [2.24, 2.45) is 0 Å². The van der Waals surface area contributed by atoms with Crippen molar-refractivity contribution in [1.29, 1.82) is 0 Å². The van der Waals surface area contributed by atoms with Gasteiger partial charge in [0.15, 0.2) is 0 Å². The van der Waals surface area contributed by atoms with Gasteiger partial charge in [0.05, 0.1) is 23.1 Å². The number of aromatic amines is 2. The number of fused-ring (bicyclic) bond motifs is 2. The standard InChI is InChI=1S/C31H26FN5/c1-3-6-19(2)34-24-14-22(17-33-18-24)20-11-12-29-27(15-20)31(37-36-29)30-16-26-25(9-5-10-28(26)35-30)21-7-4-8-23(32)13-21/h4-5,7-18,34-35H,2-3,6H2,1H3,(H,36,37). The van der Waals surface area contributed by atoms with Crippen LogP contribution in [0.3, 0.4) is 0 Å². The Kier molecular flexibility index (Phi) is 5.77. The summed E-state index contributed by atoms with van der Waals surface area (Å²) in [6.07, 6.45) is 5.63. The SMILES string of the molecule is C=C(CCC)Nc1cncc(-c2ccc3[nH]nc(-c4cc5c(-c6cccc(F)c6)cccc5[nH]4)c3c2)c1. The highest BCUT2D eigenvalue weighted by Gasteiger charge is 2.15. The summed E-state index contributed by atoms with van der Waals surface area (Å²) in [5.74, 6) is -0.250.